The summed E-state index contributed by atoms with van der Waals surface area (Å²) >= 11 is 1.20. The molecule has 0 saturated heterocycles. The van der Waals surface area contributed by atoms with Crippen molar-refractivity contribution in [2.75, 3.05) is 25.1 Å². The lowest BCUT2D eigenvalue weighted by atomic mass is 10.0. The lowest BCUT2D eigenvalue weighted by molar-refractivity contribution is 0.0999. The van der Waals surface area contributed by atoms with Crippen molar-refractivity contribution in [3.8, 4) is 5.19 Å². The minimum Gasteiger partial charge on any atom is -0.467 e. The van der Waals surface area contributed by atoms with Gasteiger partial charge in [-0.15, -0.1) is 0 Å². The molecule has 1 rings (SSSR count). The highest BCUT2D eigenvalue weighted by atomic mass is 32.1. The summed E-state index contributed by atoms with van der Waals surface area (Å²) in [6.45, 7) is 11.4. The number of amides is 1. The molecule has 0 radical (unpaired) electrons. The number of ether oxygens (including phenoxy) is 2. The first kappa shape index (κ1) is 22.7. The Labute approximate surface area is 160 Å². The van der Waals surface area contributed by atoms with Crippen LogP contribution in [-0.2, 0) is 4.74 Å². The summed E-state index contributed by atoms with van der Waals surface area (Å²) in [4.78, 5) is 15.8. The summed E-state index contributed by atoms with van der Waals surface area (Å²) in [5.74, 6) is 0.551. The highest BCUT2D eigenvalue weighted by Crippen LogP contribution is 2.25. The Balaban J connectivity index is 2.26. The fourth-order valence-corrected chi connectivity index (χ4v) is 2.82. The maximum absolute atomic E-state index is 11.8. The van der Waals surface area contributed by atoms with E-state index in [1.54, 1.807) is 0 Å². The molecular formula is C18H33N3O4S. The summed E-state index contributed by atoms with van der Waals surface area (Å²) in [5, 5.41) is 16.7. The number of β-amino-alcohol motifs (C(OH)–C–C–N with tert-alkyl or cyclic N) is 1. The van der Waals surface area contributed by atoms with Gasteiger partial charge in [-0.3, -0.25) is 5.32 Å². The number of nitrogens with zero attached hydrogens (tertiary/aromatic N) is 1. The predicted molar refractivity (Wildman–Crippen MR) is 105 cm³/mol. The summed E-state index contributed by atoms with van der Waals surface area (Å²) < 4.78 is 10.6. The molecule has 0 aromatic carbocycles. The average Bonchev–Trinajstić information content (AvgIpc) is 2.98. The number of aliphatic hydroxyl groups excluding tert-OH is 1. The average molecular weight is 388 g/mol. The van der Waals surface area contributed by atoms with E-state index in [-0.39, 0.29) is 12.1 Å². The molecule has 0 aliphatic rings. The molecule has 7 nitrogen and oxygen atoms in total. The van der Waals surface area contributed by atoms with Crippen molar-refractivity contribution in [2.24, 2.45) is 5.92 Å². The van der Waals surface area contributed by atoms with Crippen LogP contribution < -0.4 is 15.4 Å². The number of thiazole rings is 1. The third-order valence-corrected chi connectivity index (χ3v) is 4.43. The largest absolute Gasteiger partial charge is 0.467 e. The smallest absolute Gasteiger partial charge is 0.412 e. The quantitative estimate of drug-likeness (QED) is 0.537. The predicted octanol–water partition coefficient (Wildman–Crippen LogP) is 3.65. The second kappa shape index (κ2) is 11.4. The van der Waals surface area contributed by atoms with Crippen molar-refractivity contribution in [1.29, 1.82) is 0 Å². The number of carbonyl (C=O) groups is 1. The Morgan fingerprint density at radius 3 is 2.77 bits per heavy atom. The zero-order chi connectivity index (χ0) is 19.6. The van der Waals surface area contributed by atoms with Gasteiger partial charge in [-0.05, 0) is 33.1 Å². The van der Waals surface area contributed by atoms with Gasteiger partial charge in [0.2, 0.25) is 0 Å². The van der Waals surface area contributed by atoms with Gasteiger partial charge in [0.05, 0.1) is 12.8 Å². The molecule has 1 aromatic rings. The molecule has 0 aliphatic heterocycles. The van der Waals surface area contributed by atoms with Crippen LogP contribution in [0.1, 0.15) is 53.9 Å². The van der Waals surface area contributed by atoms with E-state index in [2.05, 4.69) is 29.5 Å². The lowest BCUT2D eigenvalue weighted by Crippen LogP contribution is -2.42. The van der Waals surface area contributed by atoms with Gasteiger partial charge >= 0.3 is 6.09 Å². The molecule has 3 N–H and O–H groups in total. The van der Waals surface area contributed by atoms with Gasteiger partial charge in [0.15, 0.2) is 0 Å². The van der Waals surface area contributed by atoms with Crippen LogP contribution in [0.5, 0.6) is 5.19 Å². The molecule has 2 unspecified atom stereocenters. The number of hydrogen-bond acceptors (Lipinski definition) is 7. The highest BCUT2D eigenvalue weighted by molar-refractivity contribution is 7.17. The molecule has 8 heteroatoms. The van der Waals surface area contributed by atoms with Gasteiger partial charge in [-0.25, -0.2) is 9.78 Å². The normalized spacial score (nSPS) is 13.9. The van der Waals surface area contributed by atoms with Crippen LogP contribution in [0.25, 0.3) is 0 Å². The summed E-state index contributed by atoms with van der Waals surface area (Å²) in [5.41, 5.74) is -0.0616. The molecule has 0 aliphatic carbocycles. The van der Waals surface area contributed by atoms with Crippen molar-refractivity contribution in [2.45, 2.75) is 65.5 Å². The van der Waals surface area contributed by atoms with E-state index in [9.17, 15) is 9.90 Å². The van der Waals surface area contributed by atoms with Crippen LogP contribution in [0.3, 0.4) is 0 Å². The molecule has 26 heavy (non-hydrogen) atoms. The minimum atomic E-state index is -0.635. The summed E-state index contributed by atoms with van der Waals surface area (Å²) in [6, 6.07) is 0. The lowest BCUT2D eigenvalue weighted by Gasteiger charge is -2.22. The number of rotatable bonds is 11. The monoisotopic (exact) mass is 387 g/mol. The Kier molecular flexibility index (Phi) is 9.90. The van der Waals surface area contributed by atoms with E-state index in [0.29, 0.717) is 29.3 Å². The van der Waals surface area contributed by atoms with Crippen molar-refractivity contribution < 1.29 is 19.4 Å². The Morgan fingerprint density at radius 1 is 1.38 bits per heavy atom. The number of hydrogen-bond donors (Lipinski definition) is 3. The van der Waals surface area contributed by atoms with Crippen LogP contribution in [0, 0.1) is 5.92 Å². The van der Waals surface area contributed by atoms with Crippen LogP contribution >= 0.6 is 11.3 Å². The number of carbonyl (C=O) groups excluding carboxylic acids is 1. The minimum absolute atomic E-state index is 0.0616. The van der Waals surface area contributed by atoms with Gasteiger partial charge in [0, 0.05) is 12.1 Å². The van der Waals surface area contributed by atoms with Gasteiger partial charge < -0.3 is 19.9 Å². The maximum atomic E-state index is 11.8. The zero-order valence-corrected chi connectivity index (χ0v) is 17.3. The summed E-state index contributed by atoms with van der Waals surface area (Å²) in [7, 11) is 0. The van der Waals surface area contributed by atoms with E-state index >= 15 is 0 Å². The van der Waals surface area contributed by atoms with E-state index in [0.717, 1.165) is 19.3 Å². The Hall–Kier alpha value is -1.38. The molecule has 0 fully saturated rings. The van der Waals surface area contributed by atoms with E-state index in [4.69, 9.17) is 9.47 Å². The van der Waals surface area contributed by atoms with Crippen LogP contribution in [-0.4, -0.2) is 47.6 Å². The standard InChI is InChI=1S/C18H33N3O4S/c1-6-7-13(2)8-9-24-16(23)21-15-11-19-17(26-15)25-12-14(22)10-20-18(3,4)5/h11,13-14,20,22H,6-10,12H2,1-5H3,(H,21,23). The SMILES string of the molecule is CCCC(C)CCOC(=O)Nc1cnc(OCC(O)CNC(C)(C)C)s1. The first-order valence-corrected chi connectivity index (χ1v) is 9.96. The second-order valence-electron chi connectivity index (χ2n) is 7.53. The number of anilines is 1. The fourth-order valence-electron chi connectivity index (χ4n) is 2.16. The summed E-state index contributed by atoms with van der Waals surface area (Å²) in [6.07, 6.45) is 3.53. The maximum Gasteiger partial charge on any atom is 0.412 e. The van der Waals surface area contributed by atoms with Crippen LogP contribution in [0.4, 0.5) is 9.80 Å². The number of aliphatic hydroxyl groups is 1. The van der Waals surface area contributed by atoms with E-state index in [1.807, 2.05) is 20.8 Å². The van der Waals surface area contributed by atoms with Gasteiger partial charge in [-0.2, -0.15) is 0 Å². The second-order valence-corrected chi connectivity index (χ2v) is 8.52. The topological polar surface area (TPSA) is 92.7 Å². The first-order chi connectivity index (χ1) is 12.2. The third-order valence-electron chi connectivity index (χ3n) is 3.60. The molecule has 0 bridgehead atoms. The highest BCUT2D eigenvalue weighted by Gasteiger charge is 2.14. The van der Waals surface area contributed by atoms with Gasteiger partial charge in [-0.1, -0.05) is 38.0 Å². The zero-order valence-electron chi connectivity index (χ0n) is 16.5. The molecule has 1 aromatic heterocycles. The molecule has 0 saturated carbocycles. The van der Waals surface area contributed by atoms with Crippen LogP contribution in [0.15, 0.2) is 6.20 Å². The van der Waals surface area contributed by atoms with E-state index < -0.39 is 12.2 Å². The first-order valence-electron chi connectivity index (χ1n) is 9.15. The molecule has 1 amide bonds. The third kappa shape index (κ3) is 10.6. The van der Waals surface area contributed by atoms with Gasteiger partial charge in [0.25, 0.3) is 5.19 Å². The van der Waals surface area contributed by atoms with Gasteiger partial charge in [0.1, 0.15) is 17.7 Å². The van der Waals surface area contributed by atoms with Crippen molar-refractivity contribution in [3.05, 3.63) is 6.20 Å². The number of aromatic nitrogens is 1. The van der Waals surface area contributed by atoms with E-state index in [1.165, 1.54) is 17.5 Å². The molecule has 2 atom stereocenters. The van der Waals surface area contributed by atoms with Crippen molar-refractivity contribution in [1.82, 2.24) is 10.3 Å². The van der Waals surface area contributed by atoms with Crippen LogP contribution in [0.2, 0.25) is 0 Å². The molecular weight excluding hydrogens is 354 g/mol. The molecule has 150 valence electrons. The fraction of sp³-hybridized carbons (Fsp3) is 0.778. The Bertz CT molecular complexity index is 531. The van der Waals surface area contributed by atoms with Crippen molar-refractivity contribution >= 4 is 22.4 Å². The molecule has 0 spiro atoms. The van der Waals surface area contributed by atoms with Crippen molar-refractivity contribution in [3.63, 3.8) is 0 Å². The number of nitrogens with one attached hydrogen (secondary N) is 2. The Morgan fingerprint density at radius 2 is 2.12 bits per heavy atom. The molecule has 1 heterocycles.